The van der Waals surface area contributed by atoms with Crippen LogP contribution >= 0.6 is 0 Å². The van der Waals surface area contributed by atoms with E-state index in [9.17, 15) is 10.1 Å². The summed E-state index contributed by atoms with van der Waals surface area (Å²) in [5.74, 6) is 0.221. The van der Waals surface area contributed by atoms with Crippen molar-refractivity contribution < 1.29 is 14.4 Å². The predicted molar refractivity (Wildman–Crippen MR) is 58.0 cm³/mol. The number of nitrogens with zero attached hydrogens (tertiary/aromatic N) is 1. The molecule has 0 saturated carbocycles. The van der Waals surface area contributed by atoms with Gasteiger partial charge in [-0.15, -0.1) is 0 Å². The molecule has 6 heteroatoms. The Balaban J connectivity index is 2.57. The van der Waals surface area contributed by atoms with Gasteiger partial charge in [-0.2, -0.15) is 0 Å². The molecule has 6 nitrogen and oxygen atoms in total. The van der Waals surface area contributed by atoms with Gasteiger partial charge in [0.25, 0.3) is 0 Å². The van der Waals surface area contributed by atoms with Crippen molar-refractivity contribution in [2.24, 2.45) is 0 Å². The van der Waals surface area contributed by atoms with Crippen molar-refractivity contribution in [3.8, 4) is 0 Å². The molecule has 1 aromatic rings. The Labute approximate surface area is 93.4 Å². The van der Waals surface area contributed by atoms with Gasteiger partial charge in [-0.1, -0.05) is 6.92 Å². The fraction of sp³-hybridized carbons (Fsp3) is 0.600. The Morgan fingerprint density at radius 3 is 2.75 bits per heavy atom. The van der Waals surface area contributed by atoms with Crippen LogP contribution in [0.15, 0.2) is 16.5 Å². The van der Waals surface area contributed by atoms with Crippen molar-refractivity contribution in [3.63, 3.8) is 0 Å². The van der Waals surface area contributed by atoms with E-state index in [2.05, 4.69) is 5.32 Å². The molecule has 90 valence electrons. The third-order valence-corrected chi connectivity index (χ3v) is 2.65. The Morgan fingerprint density at radius 1 is 1.62 bits per heavy atom. The summed E-state index contributed by atoms with van der Waals surface area (Å²) in [5, 5.41) is 22.6. The zero-order valence-electron chi connectivity index (χ0n) is 9.40. The molecule has 0 aliphatic rings. The Kier molecular flexibility index (Phi) is 4.03. The topological polar surface area (TPSA) is 88.5 Å². The van der Waals surface area contributed by atoms with Crippen LogP contribution in [0.25, 0.3) is 0 Å². The van der Waals surface area contributed by atoms with E-state index in [0.29, 0.717) is 12.3 Å². The van der Waals surface area contributed by atoms with E-state index in [1.165, 1.54) is 6.07 Å². The molecule has 0 aliphatic heterocycles. The summed E-state index contributed by atoms with van der Waals surface area (Å²) in [6, 6.07) is 2.87. The number of aliphatic hydroxyl groups is 1. The summed E-state index contributed by atoms with van der Waals surface area (Å²) in [6.07, 6.45) is 0.756. The van der Waals surface area contributed by atoms with E-state index >= 15 is 0 Å². The third-order valence-electron chi connectivity index (χ3n) is 2.65. The summed E-state index contributed by atoms with van der Waals surface area (Å²) >= 11 is 0. The molecule has 0 aromatic carbocycles. The van der Waals surface area contributed by atoms with Gasteiger partial charge < -0.3 is 14.8 Å². The lowest BCUT2D eigenvalue weighted by molar-refractivity contribution is -0.402. The van der Waals surface area contributed by atoms with Gasteiger partial charge in [0.2, 0.25) is 0 Å². The smallest absolute Gasteiger partial charge is 0.404 e. The van der Waals surface area contributed by atoms with E-state index in [0.717, 1.165) is 6.42 Å². The van der Waals surface area contributed by atoms with Gasteiger partial charge in [-0.25, -0.2) is 0 Å². The molecule has 0 aliphatic carbocycles. The van der Waals surface area contributed by atoms with Gasteiger partial charge in [0.1, 0.15) is 10.7 Å². The molecule has 1 heterocycles. The first-order valence-corrected chi connectivity index (χ1v) is 5.10. The molecule has 0 spiro atoms. The molecule has 1 aromatic heterocycles. The minimum atomic E-state index is -0.575. The maximum atomic E-state index is 10.4. The van der Waals surface area contributed by atoms with Gasteiger partial charge in [0.15, 0.2) is 0 Å². The number of nitro groups is 1. The summed E-state index contributed by atoms with van der Waals surface area (Å²) in [6.45, 7) is 4.20. The first kappa shape index (κ1) is 12.7. The second kappa shape index (κ2) is 5.09. The van der Waals surface area contributed by atoms with Crippen LogP contribution in [0.3, 0.4) is 0 Å². The number of aliphatic hydroxyl groups excluding tert-OH is 1. The highest BCUT2D eigenvalue weighted by atomic mass is 16.6. The summed E-state index contributed by atoms with van der Waals surface area (Å²) < 4.78 is 4.99. The molecule has 16 heavy (non-hydrogen) atoms. The van der Waals surface area contributed by atoms with Crippen molar-refractivity contribution in [2.45, 2.75) is 32.4 Å². The van der Waals surface area contributed by atoms with E-state index < -0.39 is 4.92 Å². The van der Waals surface area contributed by atoms with Crippen LogP contribution in [0.4, 0.5) is 5.88 Å². The van der Waals surface area contributed by atoms with Crippen LogP contribution in [0.5, 0.6) is 0 Å². The predicted octanol–water partition coefficient (Wildman–Crippen LogP) is 1.44. The zero-order chi connectivity index (χ0) is 12.2. The van der Waals surface area contributed by atoms with Crippen LogP contribution in [0.1, 0.15) is 26.0 Å². The lowest BCUT2D eigenvalue weighted by atomic mass is 10.0. The van der Waals surface area contributed by atoms with Crippen LogP contribution in [-0.4, -0.2) is 22.2 Å². The maximum absolute atomic E-state index is 10.4. The molecule has 0 amide bonds. The molecule has 1 unspecified atom stereocenters. The molecule has 2 N–H and O–H groups in total. The van der Waals surface area contributed by atoms with Gasteiger partial charge in [-0.05, 0) is 19.4 Å². The lowest BCUT2D eigenvalue weighted by Gasteiger charge is -2.26. The highest BCUT2D eigenvalue weighted by Gasteiger charge is 2.21. The second-order valence-corrected chi connectivity index (χ2v) is 3.92. The number of hydrogen-bond acceptors (Lipinski definition) is 5. The Hall–Kier alpha value is -1.40. The number of hydrogen-bond donors (Lipinski definition) is 2. The van der Waals surface area contributed by atoms with Crippen molar-refractivity contribution in [1.82, 2.24) is 5.32 Å². The van der Waals surface area contributed by atoms with Crippen molar-refractivity contribution in [1.29, 1.82) is 0 Å². The number of furan rings is 1. The highest BCUT2D eigenvalue weighted by Crippen LogP contribution is 2.16. The molecule has 0 radical (unpaired) electrons. The van der Waals surface area contributed by atoms with Gasteiger partial charge in [-0.3, -0.25) is 10.1 Å². The molecular formula is C10H16N2O4. The molecule has 0 bridgehead atoms. The van der Waals surface area contributed by atoms with E-state index in [1.54, 1.807) is 6.07 Å². The minimum absolute atomic E-state index is 0.00625. The second-order valence-electron chi connectivity index (χ2n) is 3.92. The molecular weight excluding hydrogens is 212 g/mol. The van der Waals surface area contributed by atoms with E-state index in [4.69, 9.17) is 9.52 Å². The molecule has 1 rings (SSSR count). The zero-order valence-corrected chi connectivity index (χ0v) is 9.40. The lowest BCUT2D eigenvalue weighted by Crippen LogP contribution is -2.44. The monoisotopic (exact) mass is 228 g/mol. The first-order valence-electron chi connectivity index (χ1n) is 5.10. The molecule has 0 fully saturated rings. The van der Waals surface area contributed by atoms with Gasteiger partial charge >= 0.3 is 5.88 Å². The third kappa shape index (κ3) is 3.04. The number of rotatable bonds is 6. The van der Waals surface area contributed by atoms with Crippen LogP contribution in [0, 0.1) is 10.1 Å². The Morgan fingerprint density at radius 2 is 2.31 bits per heavy atom. The normalized spacial score (nSPS) is 14.7. The van der Waals surface area contributed by atoms with Gasteiger partial charge in [0, 0.05) is 5.54 Å². The fourth-order valence-corrected chi connectivity index (χ4v) is 1.15. The minimum Gasteiger partial charge on any atom is -0.404 e. The van der Waals surface area contributed by atoms with Crippen LogP contribution in [-0.2, 0) is 6.54 Å². The van der Waals surface area contributed by atoms with E-state index in [1.807, 2.05) is 13.8 Å². The average molecular weight is 228 g/mol. The average Bonchev–Trinajstić information content (AvgIpc) is 2.75. The maximum Gasteiger partial charge on any atom is 0.433 e. The fourth-order valence-electron chi connectivity index (χ4n) is 1.15. The van der Waals surface area contributed by atoms with Crippen LogP contribution < -0.4 is 5.32 Å². The standard InChI is InChI=1S/C10H16N2O4/c1-3-10(2,7-13)11-6-8-4-5-9(16-8)12(14)15/h4-5,11,13H,3,6-7H2,1-2H3. The Bertz CT molecular complexity index is 357. The summed E-state index contributed by atoms with van der Waals surface area (Å²) in [7, 11) is 0. The SMILES string of the molecule is CCC(C)(CO)NCc1ccc([N+](=O)[O-])o1. The van der Waals surface area contributed by atoms with Crippen molar-refractivity contribution in [3.05, 3.63) is 28.0 Å². The molecule has 0 saturated heterocycles. The van der Waals surface area contributed by atoms with Crippen LogP contribution in [0.2, 0.25) is 0 Å². The molecule has 1 atom stereocenters. The first-order chi connectivity index (χ1) is 7.50. The van der Waals surface area contributed by atoms with Crippen molar-refractivity contribution >= 4 is 5.88 Å². The quantitative estimate of drug-likeness (QED) is 0.568. The highest BCUT2D eigenvalue weighted by molar-refractivity contribution is 5.17. The number of nitrogens with one attached hydrogen (secondary N) is 1. The summed E-state index contributed by atoms with van der Waals surface area (Å²) in [5.41, 5.74) is -0.387. The largest absolute Gasteiger partial charge is 0.433 e. The van der Waals surface area contributed by atoms with Crippen molar-refractivity contribution in [2.75, 3.05) is 6.61 Å². The van der Waals surface area contributed by atoms with Gasteiger partial charge in [0.05, 0.1) is 19.2 Å². The summed E-state index contributed by atoms with van der Waals surface area (Å²) in [4.78, 5) is 9.80. The van der Waals surface area contributed by atoms with E-state index in [-0.39, 0.29) is 18.0 Å².